The van der Waals surface area contributed by atoms with E-state index in [1.807, 2.05) is 0 Å². The average molecular weight is 494 g/mol. The molecule has 0 fully saturated rings. The number of amides is 1. The van der Waals surface area contributed by atoms with Gasteiger partial charge >= 0.3 is 12.3 Å². The molecule has 0 unspecified atom stereocenters. The minimum Gasteiger partial charge on any atom is -0.438 e. The number of carbonyl (C=O) groups excluding carboxylic acids is 1. The number of hydrogen-bond acceptors (Lipinski definition) is 3. The third-order valence-corrected chi connectivity index (χ3v) is 5.05. The number of ether oxygens (including phenoxy) is 1. The number of hydrogen-bond donors (Lipinski definition) is 1. The standard InChI is InChI=1S/C25H20F6N2O2/c1-14(25(29,30)31)21-19(27)18(20(28)22(33-21)16-9-11-17(26)12-10-16)24(2,3)35-23(34)32-13-15-7-5-4-6-8-15/h4-12H,1,13H2,2-3H3,(H,32,34). The van der Waals surface area contributed by atoms with E-state index in [1.165, 1.54) is 0 Å². The molecule has 35 heavy (non-hydrogen) atoms. The van der Waals surface area contributed by atoms with E-state index in [9.17, 15) is 22.4 Å². The number of benzene rings is 2. The molecule has 10 heteroatoms. The smallest absolute Gasteiger partial charge is 0.418 e. The van der Waals surface area contributed by atoms with Crippen LogP contribution in [0.5, 0.6) is 0 Å². The van der Waals surface area contributed by atoms with Gasteiger partial charge in [-0.1, -0.05) is 36.9 Å². The maximum absolute atomic E-state index is 15.5. The minimum atomic E-state index is -5.08. The first-order valence-corrected chi connectivity index (χ1v) is 10.2. The lowest BCUT2D eigenvalue weighted by Gasteiger charge is -2.28. The Morgan fingerprint density at radius 2 is 1.57 bits per heavy atom. The van der Waals surface area contributed by atoms with E-state index >= 15 is 8.78 Å². The van der Waals surface area contributed by atoms with Gasteiger partial charge in [-0.2, -0.15) is 13.2 Å². The zero-order chi connectivity index (χ0) is 26.0. The molecule has 0 atom stereocenters. The number of aromatic nitrogens is 1. The van der Waals surface area contributed by atoms with Crippen molar-refractivity contribution in [2.75, 3.05) is 0 Å². The maximum Gasteiger partial charge on any atom is 0.418 e. The molecule has 0 bridgehead atoms. The first-order chi connectivity index (χ1) is 16.3. The molecular weight excluding hydrogens is 474 g/mol. The highest BCUT2D eigenvalue weighted by molar-refractivity contribution is 5.72. The van der Waals surface area contributed by atoms with Crippen LogP contribution in [0.25, 0.3) is 16.8 Å². The molecule has 0 aliphatic rings. The summed E-state index contributed by atoms with van der Waals surface area (Å²) in [4.78, 5) is 15.9. The van der Waals surface area contributed by atoms with Crippen LogP contribution in [0.15, 0.2) is 61.2 Å². The molecule has 1 amide bonds. The molecule has 3 rings (SSSR count). The molecule has 2 aromatic carbocycles. The first kappa shape index (κ1) is 25.8. The van der Waals surface area contributed by atoms with Crippen LogP contribution >= 0.6 is 0 Å². The van der Waals surface area contributed by atoms with Crippen LogP contribution in [0.3, 0.4) is 0 Å². The molecule has 184 valence electrons. The van der Waals surface area contributed by atoms with Crippen LogP contribution in [0.4, 0.5) is 31.1 Å². The van der Waals surface area contributed by atoms with Crippen molar-refractivity contribution >= 4 is 11.7 Å². The van der Waals surface area contributed by atoms with Gasteiger partial charge in [0.2, 0.25) is 0 Å². The first-order valence-electron chi connectivity index (χ1n) is 10.2. The summed E-state index contributed by atoms with van der Waals surface area (Å²) in [7, 11) is 0. The average Bonchev–Trinajstić information content (AvgIpc) is 2.78. The number of pyridine rings is 1. The lowest BCUT2D eigenvalue weighted by Crippen LogP contribution is -2.35. The SMILES string of the molecule is C=C(c1nc(-c2ccc(F)cc2)c(F)c(C(C)(C)OC(=O)NCc2ccccc2)c1F)C(F)(F)F. The molecule has 1 N–H and O–H groups in total. The topological polar surface area (TPSA) is 51.2 Å². The Morgan fingerprint density at radius 3 is 2.14 bits per heavy atom. The van der Waals surface area contributed by atoms with E-state index in [4.69, 9.17) is 4.74 Å². The van der Waals surface area contributed by atoms with Crippen LogP contribution in [0.2, 0.25) is 0 Å². The number of alkyl halides is 3. The largest absolute Gasteiger partial charge is 0.438 e. The predicted octanol–water partition coefficient (Wildman–Crippen LogP) is 6.90. The van der Waals surface area contributed by atoms with Gasteiger partial charge in [-0.3, -0.25) is 0 Å². The lowest BCUT2D eigenvalue weighted by atomic mass is 9.92. The molecule has 0 aliphatic heterocycles. The van der Waals surface area contributed by atoms with Crippen molar-refractivity contribution in [3.63, 3.8) is 0 Å². The summed E-state index contributed by atoms with van der Waals surface area (Å²) in [5.74, 6) is -3.74. The Bertz CT molecular complexity index is 1240. The van der Waals surface area contributed by atoms with Crippen LogP contribution in [0.1, 0.15) is 30.7 Å². The van der Waals surface area contributed by atoms with Crippen molar-refractivity contribution < 1.29 is 35.9 Å². The molecule has 1 heterocycles. The van der Waals surface area contributed by atoms with Crippen LogP contribution < -0.4 is 5.32 Å². The number of nitrogens with one attached hydrogen (secondary N) is 1. The zero-order valence-electron chi connectivity index (χ0n) is 18.6. The highest BCUT2D eigenvalue weighted by atomic mass is 19.4. The Morgan fingerprint density at radius 1 is 0.971 bits per heavy atom. The van der Waals surface area contributed by atoms with Gasteiger partial charge in [-0.05, 0) is 43.7 Å². The fourth-order valence-electron chi connectivity index (χ4n) is 3.29. The van der Waals surface area contributed by atoms with Gasteiger partial charge < -0.3 is 10.1 Å². The number of allylic oxidation sites excluding steroid dienone is 1. The van der Waals surface area contributed by atoms with E-state index in [-0.39, 0.29) is 12.1 Å². The fourth-order valence-corrected chi connectivity index (χ4v) is 3.29. The van der Waals surface area contributed by atoms with Crippen molar-refractivity contribution in [3.8, 4) is 11.3 Å². The van der Waals surface area contributed by atoms with E-state index < -0.39 is 57.8 Å². The molecule has 0 radical (unpaired) electrons. The van der Waals surface area contributed by atoms with Crippen molar-refractivity contribution in [1.82, 2.24) is 10.3 Å². The van der Waals surface area contributed by atoms with Gasteiger partial charge in [-0.15, -0.1) is 0 Å². The third kappa shape index (κ3) is 5.82. The lowest BCUT2D eigenvalue weighted by molar-refractivity contribution is -0.0692. The highest BCUT2D eigenvalue weighted by Crippen LogP contribution is 2.40. The van der Waals surface area contributed by atoms with Crippen LogP contribution in [0, 0.1) is 17.5 Å². The summed E-state index contributed by atoms with van der Waals surface area (Å²) in [6.07, 6.45) is -6.14. The summed E-state index contributed by atoms with van der Waals surface area (Å²) in [5.41, 5.74) is -6.08. The van der Waals surface area contributed by atoms with E-state index in [1.54, 1.807) is 30.3 Å². The molecule has 0 saturated carbocycles. The van der Waals surface area contributed by atoms with Gasteiger partial charge in [-0.25, -0.2) is 22.9 Å². The maximum atomic E-state index is 15.5. The van der Waals surface area contributed by atoms with Gasteiger partial charge in [0.15, 0.2) is 11.6 Å². The summed E-state index contributed by atoms with van der Waals surface area (Å²) in [6, 6.07) is 12.7. The number of carbonyl (C=O) groups is 1. The van der Waals surface area contributed by atoms with Crippen LogP contribution in [-0.2, 0) is 16.9 Å². The van der Waals surface area contributed by atoms with E-state index in [0.717, 1.165) is 38.1 Å². The summed E-state index contributed by atoms with van der Waals surface area (Å²) in [6.45, 7) is 5.12. The Hall–Kier alpha value is -3.82. The fraction of sp³-hybridized carbons (Fsp3) is 0.200. The molecule has 3 aromatic rings. The van der Waals surface area contributed by atoms with Crippen molar-refractivity contribution in [2.45, 2.75) is 32.2 Å². The second kappa shape index (κ2) is 9.81. The van der Waals surface area contributed by atoms with Crippen molar-refractivity contribution in [3.05, 3.63) is 95.4 Å². The highest BCUT2D eigenvalue weighted by Gasteiger charge is 2.41. The van der Waals surface area contributed by atoms with Gasteiger partial charge in [0.1, 0.15) is 22.8 Å². The minimum absolute atomic E-state index is 0.0357. The summed E-state index contributed by atoms with van der Waals surface area (Å²) >= 11 is 0. The third-order valence-electron chi connectivity index (χ3n) is 5.05. The molecule has 0 spiro atoms. The molecule has 1 aromatic heterocycles. The van der Waals surface area contributed by atoms with Gasteiger partial charge in [0.05, 0.1) is 11.1 Å². The van der Waals surface area contributed by atoms with Crippen molar-refractivity contribution in [2.24, 2.45) is 0 Å². The van der Waals surface area contributed by atoms with E-state index in [0.29, 0.717) is 5.56 Å². The van der Waals surface area contributed by atoms with E-state index in [2.05, 4.69) is 16.9 Å². The number of nitrogens with zero attached hydrogens (tertiary/aromatic N) is 1. The molecular formula is C25H20F6N2O2. The monoisotopic (exact) mass is 494 g/mol. The summed E-state index contributed by atoms with van der Waals surface area (Å²) in [5, 5.41) is 2.42. The zero-order valence-corrected chi connectivity index (χ0v) is 18.6. The van der Waals surface area contributed by atoms with Gasteiger partial charge in [0, 0.05) is 12.1 Å². The van der Waals surface area contributed by atoms with Gasteiger partial charge in [0.25, 0.3) is 0 Å². The normalized spacial score (nSPS) is 11.8. The number of rotatable bonds is 6. The van der Waals surface area contributed by atoms with Crippen molar-refractivity contribution in [1.29, 1.82) is 0 Å². The Balaban J connectivity index is 2.05. The second-order valence-electron chi connectivity index (χ2n) is 8.03. The van der Waals surface area contributed by atoms with Crippen LogP contribution in [-0.4, -0.2) is 17.3 Å². The number of halogens is 6. The molecule has 0 aliphatic carbocycles. The predicted molar refractivity (Wildman–Crippen MR) is 117 cm³/mol. The quantitative estimate of drug-likeness (QED) is 0.379. The molecule has 4 nitrogen and oxygen atoms in total. The number of alkyl carbamates (subject to hydrolysis) is 1. The Labute approximate surface area is 197 Å². The molecule has 0 saturated heterocycles. The summed E-state index contributed by atoms with van der Waals surface area (Å²) < 4.78 is 89.5. The Kier molecular flexibility index (Phi) is 7.23. The second-order valence-corrected chi connectivity index (χ2v) is 8.03.